The molecule has 1 atom stereocenters. The van der Waals surface area contributed by atoms with E-state index in [4.69, 9.17) is 0 Å². The number of para-hydroxylation sites is 2. The molecule has 0 spiro atoms. The zero-order valence-corrected chi connectivity index (χ0v) is 14.6. The fourth-order valence-corrected chi connectivity index (χ4v) is 2.84. The van der Waals surface area contributed by atoms with Crippen LogP contribution < -0.4 is 16.0 Å². The SMILES string of the molecule is Cl.O=C(CC1CCCN1)Nc1ccccc1NC(=O)c1ccccc1. The van der Waals surface area contributed by atoms with Gasteiger partial charge in [-0.15, -0.1) is 12.4 Å². The lowest BCUT2D eigenvalue weighted by molar-refractivity contribution is -0.116. The molecule has 0 saturated carbocycles. The minimum Gasteiger partial charge on any atom is -0.324 e. The van der Waals surface area contributed by atoms with Crippen LogP contribution in [0.5, 0.6) is 0 Å². The van der Waals surface area contributed by atoms with E-state index in [0.717, 1.165) is 19.4 Å². The van der Waals surface area contributed by atoms with Crippen molar-refractivity contribution >= 4 is 35.6 Å². The molecule has 0 radical (unpaired) electrons. The summed E-state index contributed by atoms with van der Waals surface area (Å²) in [6.45, 7) is 0.974. The molecule has 2 amide bonds. The van der Waals surface area contributed by atoms with Crippen LogP contribution in [-0.2, 0) is 4.79 Å². The molecule has 1 unspecified atom stereocenters. The van der Waals surface area contributed by atoms with Crippen molar-refractivity contribution in [1.82, 2.24) is 5.32 Å². The highest BCUT2D eigenvalue weighted by Gasteiger charge is 2.18. The van der Waals surface area contributed by atoms with Gasteiger partial charge in [-0.1, -0.05) is 30.3 Å². The first-order valence-corrected chi connectivity index (χ1v) is 8.21. The molecule has 1 saturated heterocycles. The molecular weight excluding hydrogens is 338 g/mol. The lowest BCUT2D eigenvalue weighted by atomic mass is 10.1. The van der Waals surface area contributed by atoms with Gasteiger partial charge in [0.25, 0.3) is 5.91 Å². The minimum atomic E-state index is -0.199. The molecule has 2 aromatic rings. The Morgan fingerprint density at radius 3 is 2.24 bits per heavy atom. The summed E-state index contributed by atoms with van der Waals surface area (Å²) in [5.74, 6) is -0.245. The Balaban J connectivity index is 0.00000225. The first kappa shape index (κ1) is 19.0. The predicted molar refractivity (Wildman–Crippen MR) is 102 cm³/mol. The number of carbonyl (C=O) groups is 2. The first-order chi connectivity index (χ1) is 11.7. The summed E-state index contributed by atoms with van der Waals surface area (Å²) >= 11 is 0. The molecule has 132 valence electrons. The topological polar surface area (TPSA) is 70.2 Å². The zero-order chi connectivity index (χ0) is 16.8. The Kier molecular flexibility index (Phi) is 6.98. The van der Waals surface area contributed by atoms with Crippen LogP contribution in [0.4, 0.5) is 11.4 Å². The molecule has 6 heteroatoms. The fourth-order valence-electron chi connectivity index (χ4n) is 2.84. The van der Waals surface area contributed by atoms with Crippen LogP contribution in [0.1, 0.15) is 29.6 Å². The number of benzene rings is 2. The summed E-state index contributed by atoms with van der Waals surface area (Å²) in [6.07, 6.45) is 2.59. The summed E-state index contributed by atoms with van der Waals surface area (Å²) in [7, 11) is 0. The maximum atomic E-state index is 12.3. The summed E-state index contributed by atoms with van der Waals surface area (Å²) in [5.41, 5.74) is 1.79. The van der Waals surface area contributed by atoms with Gasteiger partial charge in [0.1, 0.15) is 0 Å². The summed E-state index contributed by atoms with van der Waals surface area (Å²) < 4.78 is 0. The van der Waals surface area contributed by atoms with E-state index in [0.29, 0.717) is 23.4 Å². The van der Waals surface area contributed by atoms with E-state index < -0.39 is 0 Å². The van der Waals surface area contributed by atoms with Gasteiger partial charge in [0.15, 0.2) is 0 Å². The second-order valence-corrected chi connectivity index (χ2v) is 5.91. The Bertz CT molecular complexity index is 716. The number of anilines is 2. The van der Waals surface area contributed by atoms with Gasteiger partial charge in [0.2, 0.25) is 5.91 Å². The van der Waals surface area contributed by atoms with Crippen LogP contribution in [0.15, 0.2) is 54.6 Å². The fraction of sp³-hybridized carbons (Fsp3) is 0.263. The average molecular weight is 360 g/mol. The van der Waals surface area contributed by atoms with Crippen LogP contribution in [0.2, 0.25) is 0 Å². The lowest BCUT2D eigenvalue weighted by Gasteiger charge is -2.14. The molecule has 3 rings (SSSR count). The number of nitrogens with one attached hydrogen (secondary N) is 3. The van der Waals surface area contributed by atoms with E-state index in [-0.39, 0.29) is 30.3 Å². The maximum Gasteiger partial charge on any atom is 0.255 e. The zero-order valence-electron chi connectivity index (χ0n) is 13.8. The van der Waals surface area contributed by atoms with Gasteiger partial charge in [-0.05, 0) is 43.7 Å². The first-order valence-electron chi connectivity index (χ1n) is 8.21. The molecular formula is C19H22ClN3O2. The molecule has 3 N–H and O–H groups in total. The van der Waals surface area contributed by atoms with E-state index in [1.807, 2.05) is 30.3 Å². The molecule has 5 nitrogen and oxygen atoms in total. The summed E-state index contributed by atoms with van der Waals surface area (Å²) in [4.78, 5) is 24.5. The lowest BCUT2D eigenvalue weighted by Crippen LogP contribution is -2.27. The number of halogens is 1. The van der Waals surface area contributed by atoms with Crippen LogP contribution >= 0.6 is 12.4 Å². The largest absolute Gasteiger partial charge is 0.324 e. The highest BCUT2D eigenvalue weighted by molar-refractivity contribution is 6.07. The van der Waals surface area contributed by atoms with E-state index in [2.05, 4.69) is 16.0 Å². The third kappa shape index (κ3) is 5.31. The van der Waals surface area contributed by atoms with Crippen LogP contribution in [0.25, 0.3) is 0 Å². The molecule has 2 aromatic carbocycles. The molecule has 1 fully saturated rings. The Hall–Kier alpha value is -2.37. The molecule has 1 aliphatic rings. The van der Waals surface area contributed by atoms with Crippen molar-refractivity contribution in [3.8, 4) is 0 Å². The third-order valence-electron chi connectivity index (χ3n) is 4.08. The van der Waals surface area contributed by atoms with Crippen molar-refractivity contribution in [3.63, 3.8) is 0 Å². The standard InChI is InChI=1S/C19H21N3O2.ClH/c23-18(13-15-9-6-12-20-15)21-16-10-4-5-11-17(16)22-19(24)14-7-2-1-3-8-14;/h1-5,7-8,10-11,15,20H,6,9,12-13H2,(H,21,23)(H,22,24);1H. The third-order valence-corrected chi connectivity index (χ3v) is 4.08. The monoisotopic (exact) mass is 359 g/mol. The quantitative estimate of drug-likeness (QED) is 0.765. The molecule has 25 heavy (non-hydrogen) atoms. The number of amides is 2. The van der Waals surface area contributed by atoms with E-state index in [9.17, 15) is 9.59 Å². The molecule has 1 heterocycles. The Morgan fingerprint density at radius 2 is 1.60 bits per heavy atom. The van der Waals surface area contributed by atoms with E-state index >= 15 is 0 Å². The van der Waals surface area contributed by atoms with Crippen molar-refractivity contribution in [1.29, 1.82) is 0 Å². The maximum absolute atomic E-state index is 12.3. The van der Waals surface area contributed by atoms with Gasteiger partial charge >= 0.3 is 0 Å². The van der Waals surface area contributed by atoms with Crippen molar-refractivity contribution < 1.29 is 9.59 Å². The smallest absolute Gasteiger partial charge is 0.255 e. The van der Waals surface area contributed by atoms with Crippen molar-refractivity contribution in [2.45, 2.75) is 25.3 Å². The van der Waals surface area contributed by atoms with Gasteiger partial charge in [-0.25, -0.2) is 0 Å². The molecule has 1 aliphatic heterocycles. The second kappa shape index (κ2) is 9.20. The van der Waals surface area contributed by atoms with E-state index in [1.165, 1.54) is 0 Å². The number of rotatable bonds is 5. The van der Waals surface area contributed by atoms with Gasteiger partial charge in [-0.2, -0.15) is 0 Å². The van der Waals surface area contributed by atoms with Crippen LogP contribution in [-0.4, -0.2) is 24.4 Å². The van der Waals surface area contributed by atoms with Crippen molar-refractivity contribution in [2.75, 3.05) is 17.2 Å². The normalized spacial score (nSPS) is 15.9. The number of hydrogen-bond donors (Lipinski definition) is 3. The molecule has 0 aliphatic carbocycles. The Morgan fingerprint density at radius 1 is 0.960 bits per heavy atom. The number of carbonyl (C=O) groups excluding carboxylic acids is 2. The van der Waals surface area contributed by atoms with Gasteiger partial charge in [0, 0.05) is 18.0 Å². The second-order valence-electron chi connectivity index (χ2n) is 5.91. The summed E-state index contributed by atoms with van der Waals surface area (Å²) in [5, 5.41) is 9.07. The van der Waals surface area contributed by atoms with Crippen LogP contribution in [0, 0.1) is 0 Å². The van der Waals surface area contributed by atoms with Crippen molar-refractivity contribution in [3.05, 3.63) is 60.2 Å². The predicted octanol–water partition coefficient (Wildman–Crippen LogP) is 3.44. The van der Waals surface area contributed by atoms with Crippen molar-refractivity contribution in [2.24, 2.45) is 0 Å². The summed E-state index contributed by atoms with van der Waals surface area (Å²) in [6, 6.07) is 16.5. The number of hydrogen-bond acceptors (Lipinski definition) is 3. The van der Waals surface area contributed by atoms with Crippen LogP contribution in [0.3, 0.4) is 0 Å². The average Bonchev–Trinajstić information content (AvgIpc) is 3.10. The highest BCUT2D eigenvalue weighted by atomic mass is 35.5. The van der Waals surface area contributed by atoms with Gasteiger partial charge in [0.05, 0.1) is 11.4 Å². The Labute approximate surface area is 153 Å². The highest BCUT2D eigenvalue weighted by Crippen LogP contribution is 2.22. The van der Waals surface area contributed by atoms with Gasteiger partial charge in [-0.3, -0.25) is 9.59 Å². The van der Waals surface area contributed by atoms with Gasteiger partial charge < -0.3 is 16.0 Å². The van der Waals surface area contributed by atoms with E-state index in [1.54, 1.807) is 24.3 Å². The molecule has 0 bridgehead atoms. The molecule has 0 aromatic heterocycles. The minimum absolute atomic E-state index is 0.